The predicted molar refractivity (Wildman–Crippen MR) is 329 cm³/mol. The minimum atomic E-state index is -0.793. The Morgan fingerprint density at radius 1 is 0.276 bits per heavy atom. The van der Waals surface area contributed by atoms with Crippen molar-refractivity contribution < 1.29 is 28.6 Å². The van der Waals surface area contributed by atoms with Gasteiger partial charge in [0.1, 0.15) is 13.2 Å². The van der Waals surface area contributed by atoms with Crippen LogP contribution in [-0.4, -0.2) is 37.2 Å². The van der Waals surface area contributed by atoms with Gasteiger partial charge in [-0.1, -0.05) is 264 Å². The summed E-state index contributed by atoms with van der Waals surface area (Å²) in [4.78, 5) is 38.0. The molecule has 0 bridgehead atoms. The molecule has 1 unspecified atom stereocenters. The van der Waals surface area contributed by atoms with Crippen LogP contribution in [0, 0.1) is 0 Å². The number of ether oxygens (including phenoxy) is 3. The summed E-state index contributed by atoms with van der Waals surface area (Å²) < 4.78 is 16.8. The maximum Gasteiger partial charge on any atom is 0.306 e. The number of allylic oxidation sites excluding steroid dienone is 22. The molecule has 6 heteroatoms. The van der Waals surface area contributed by atoms with E-state index in [1.165, 1.54) is 83.5 Å². The minimum absolute atomic E-state index is 0.0903. The van der Waals surface area contributed by atoms with Crippen LogP contribution in [0.3, 0.4) is 0 Å². The molecule has 0 fully saturated rings. The smallest absolute Gasteiger partial charge is 0.306 e. The first-order valence-electron chi connectivity index (χ1n) is 31.2. The van der Waals surface area contributed by atoms with Crippen LogP contribution in [-0.2, 0) is 28.6 Å². The lowest BCUT2D eigenvalue weighted by Crippen LogP contribution is -2.30. The average Bonchev–Trinajstić information content (AvgIpc) is 3.42. The van der Waals surface area contributed by atoms with Gasteiger partial charge < -0.3 is 14.2 Å². The Morgan fingerprint density at radius 2 is 0.513 bits per heavy atom. The highest BCUT2D eigenvalue weighted by Gasteiger charge is 2.19. The summed E-state index contributed by atoms with van der Waals surface area (Å²) in [5.74, 6) is -0.929. The van der Waals surface area contributed by atoms with Crippen molar-refractivity contribution in [3.8, 4) is 0 Å². The van der Waals surface area contributed by atoms with E-state index in [1.54, 1.807) is 0 Å². The van der Waals surface area contributed by atoms with Gasteiger partial charge in [0.15, 0.2) is 6.10 Å². The van der Waals surface area contributed by atoms with Crippen LogP contribution in [0.4, 0.5) is 0 Å². The third-order valence-corrected chi connectivity index (χ3v) is 12.9. The zero-order valence-electron chi connectivity index (χ0n) is 49.2. The van der Waals surface area contributed by atoms with Gasteiger partial charge in [-0.3, -0.25) is 14.4 Å². The largest absolute Gasteiger partial charge is 0.462 e. The van der Waals surface area contributed by atoms with Gasteiger partial charge in [-0.25, -0.2) is 0 Å². The molecule has 0 saturated heterocycles. The highest BCUT2D eigenvalue weighted by Crippen LogP contribution is 2.14. The number of hydrogen-bond acceptors (Lipinski definition) is 6. The maximum atomic E-state index is 12.8. The fourth-order valence-electron chi connectivity index (χ4n) is 8.23. The lowest BCUT2D eigenvalue weighted by molar-refractivity contribution is -0.167. The first-order valence-corrected chi connectivity index (χ1v) is 31.2. The van der Waals surface area contributed by atoms with Gasteiger partial charge in [0.25, 0.3) is 0 Å². The van der Waals surface area contributed by atoms with Crippen molar-refractivity contribution in [2.75, 3.05) is 13.2 Å². The molecule has 6 nitrogen and oxygen atoms in total. The Hall–Kier alpha value is -4.45. The number of rotatable bonds is 55. The number of unbranched alkanes of at least 4 members (excludes halogenated alkanes) is 22. The molecule has 76 heavy (non-hydrogen) atoms. The number of esters is 3. The van der Waals surface area contributed by atoms with Crippen LogP contribution in [0.1, 0.15) is 271 Å². The summed E-state index contributed by atoms with van der Waals surface area (Å²) in [5.41, 5.74) is 0. The predicted octanol–water partition coefficient (Wildman–Crippen LogP) is 21.4. The minimum Gasteiger partial charge on any atom is -0.462 e. The van der Waals surface area contributed by atoms with E-state index in [0.717, 1.165) is 148 Å². The topological polar surface area (TPSA) is 78.9 Å². The van der Waals surface area contributed by atoms with Crippen LogP contribution in [0.15, 0.2) is 134 Å². The molecule has 0 aromatic rings. The third-order valence-electron chi connectivity index (χ3n) is 12.9. The lowest BCUT2D eigenvalue weighted by Gasteiger charge is -2.18. The summed E-state index contributed by atoms with van der Waals surface area (Å²) in [5, 5.41) is 0. The zero-order valence-corrected chi connectivity index (χ0v) is 49.2. The summed E-state index contributed by atoms with van der Waals surface area (Å²) >= 11 is 0. The molecule has 0 aliphatic carbocycles. The normalized spacial score (nSPS) is 13.0. The van der Waals surface area contributed by atoms with E-state index >= 15 is 0 Å². The molecule has 0 aliphatic rings. The number of carbonyl (C=O) groups is 3. The Morgan fingerprint density at radius 3 is 0.816 bits per heavy atom. The van der Waals surface area contributed by atoms with Gasteiger partial charge in [0, 0.05) is 19.3 Å². The van der Waals surface area contributed by atoms with E-state index < -0.39 is 6.10 Å². The van der Waals surface area contributed by atoms with Crippen LogP contribution in [0.5, 0.6) is 0 Å². The molecule has 1 atom stereocenters. The molecule has 0 heterocycles. The van der Waals surface area contributed by atoms with Crippen molar-refractivity contribution in [3.05, 3.63) is 134 Å². The van der Waals surface area contributed by atoms with E-state index in [9.17, 15) is 14.4 Å². The van der Waals surface area contributed by atoms with Gasteiger partial charge in [0.2, 0.25) is 0 Å². The third kappa shape index (κ3) is 60.4. The van der Waals surface area contributed by atoms with Crippen molar-refractivity contribution in [2.45, 2.75) is 277 Å². The first-order chi connectivity index (χ1) is 37.5. The highest BCUT2D eigenvalue weighted by atomic mass is 16.6. The average molecular weight is 1050 g/mol. The molecule has 0 aromatic heterocycles. The molecule has 0 radical (unpaired) electrons. The number of carbonyl (C=O) groups excluding carboxylic acids is 3. The van der Waals surface area contributed by atoms with E-state index in [2.05, 4.69) is 154 Å². The standard InChI is InChI=1S/C70H114O6/c1-4-7-10-13-16-19-21-23-25-26-27-28-29-30-31-32-33-34-35-36-37-38-39-40-41-42-43-44-45-47-48-51-54-57-60-63-69(72)75-66-67(65-74-68(71)62-59-56-53-50-18-15-12-9-6-3)76-70(73)64-61-58-55-52-49-46-24-22-20-17-14-11-8-5-2/h7,10,16,19,22-25,27-28,30-31,33-34,36-37,39-40,42-43,45,47,67H,4-6,8-9,11-15,17-18,20-21,26,29,32,35,38,41,44,46,48-66H2,1-3H3/b10-7-,19-16-,24-22-,25-23-,28-27-,31-30-,34-33-,37-36-,40-39-,43-42-,47-45-. The monoisotopic (exact) mass is 1050 g/mol. The second-order valence-electron chi connectivity index (χ2n) is 20.2. The Balaban J connectivity index is 4.24. The van der Waals surface area contributed by atoms with E-state index in [0.29, 0.717) is 19.3 Å². The summed E-state index contributed by atoms with van der Waals surface area (Å²) in [6.45, 7) is 6.46. The maximum absolute atomic E-state index is 12.8. The molecule has 0 aromatic carbocycles. The van der Waals surface area contributed by atoms with Crippen molar-refractivity contribution in [1.29, 1.82) is 0 Å². The Kier molecular flexibility index (Phi) is 59.4. The van der Waals surface area contributed by atoms with Gasteiger partial charge in [-0.15, -0.1) is 0 Å². The second-order valence-corrected chi connectivity index (χ2v) is 20.2. The molecule has 0 N–H and O–H groups in total. The fourth-order valence-corrected chi connectivity index (χ4v) is 8.23. The van der Waals surface area contributed by atoms with Crippen molar-refractivity contribution in [1.82, 2.24) is 0 Å². The molecular weight excluding hydrogens is 937 g/mol. The van der Waals surface area contributed by atoms with Crippen LogP contribution >= 0.6 is 0 Å². The van der Waals surface area contributed by atoms with Gasteiger partial charge >= 0.3 is 17.9 Å². The van der Waals surface area contributed by atoms with Gasteiger partial charge in [-0.05, 0) is 122 Å². The molecule has 0 saturated carbocycles. The van der Waals surface area contributed by atoms with Crippen molar-refractivity contribution >= 4 is 17.9 Å². The fraction of sp³-hybridized carbons (Fsp3) is 0.643. The van der Waals surface area contributed by atoms with Gasteiger partial charge in [-0.2, -0.15) is 0 Å². The second kappa shape index (κ2) is 63.1. The Labute approximate surface area is 468 Å². The molecule has 0 rings (SSSR count). The van der Waals surface area contributed by atoms with E-state index in [-0.39, 0.29) is 31.1 Å². The molecule has 430 valence electrons. The molecular formula is C70H114O6. The quantitative estimate of drug-likeness (QED) is 0.0261. The number of hydrogen-bond donors (Lipinski definition) is 0. The zero-order chi connectivity index (χ0) is 55.0. The van der Waals surface area contributed by atoms with Crippen molar-refractivity contribution in [3.63, 3.8) is 0 Å². The first kappa shape index (κ1) is 71.5. The SMILES string of the molecule is CC/C=C\C/C=C\C/C=C\C/C=C\C/C=C\C/C=C\C/C=C\C/C=C\C/C=C\C/C=C\CCCCCCC(=O)OCC(COC(=O)CCCCCCCCCCC)OC(=O)CCCCCCC/C=C\CCCCCCC. The molecule has 0 aliphatic heterocycles. The highest BCUT2D eigenvalue weighted by molar-refractivity contribution is 5.71. The summed E-state index contributed by atoms with van der Waals surface area (Å²) in [7, 11) is 0. The van der Waals surface area contributed by atoms with Gasteiger partial charge in [0.05, 0.1) is 0 Å². The molecule has 0 spiro atoms. The van der Waals surface area contributed by atoms with Crippen LogP contribution in [0.25, 0.3) is 0 Å². The Bertz CT molecular complexity index is 1630. The van der Waals surface area contributed by atoms with E-state index in [1.807, 2.05) is 0 Å². The van der Waals surface area contributed by atoms with Crippen LogP contribution < -0.4 is 0 Å². The lowest BCUT2D eigenvalue weighted by atomic mass is 10.1. The molecule has 0 amide bonds. The van der Waals surface area contributed by atoms with Crippen LogP contribution in [0.2, 0.25) is 0 Å². The van der Waals surface area contributed by atoms with E-state index in [4.69, 9.17) is 14.2 Å². The van der Waals surface area contributed by atoms with Crippen molar-refractivity contribution in [2.24, 2.45) is 0 Å². The summed E-state index contributed by atoms with van der Waals surface area (Å²) in [6, 6.07) is 0. The summed E-state index contributed by atoms with van der Waals surface area (Å²) in [6.07, 6.45) is 89.0.